The lowest BCUT2D eigenvalue weighted by atomic mass is 10.0. The van der Waals surface area contributed by atoms with Crippen LogP contribution in [0.5, 0.6) is 0 Å². The molecule has 0 saturated heterocycles. The minimum atomic E-state index is 0.123. The van der Waals surface area contributed by atoms with Crippen LogP contribution in [0.3, 0.4) is 0 Å². The quantitative estimate of drug-likeness (QED) is 0.458. The second-order valence-electron chi connectivity index (χ2n) is 5.22. The van der Waals surface area contributed by atoms with E-state index in [9.17, 15) is 10.5 Å². The molecule has 0 aliphatic carbocycles. The van der Waals surface area contributed by atoms with Crippen molar-refractivity contribution in [2.45, 2.75) is 0 Å². The lowest BCUT2D eigenvalue weighted by molar-refractivity contribution is -0.822. The number of quaternary nitrogens is 1. The molecule has 0 saturated carbocycles. The molecule has 1 rings (SSSR count). The molecular formula is C16H17BrN3S+. The first kappa shape index (κ1) is 17.5. The lowest BCUT2D eigenvalue weighted by Gasteiger charge is -2.25. The summed E-state index contributed by atoms with van der Waals surface area (Å²) in [6.45, 7) is 0. The summed E-state index contributed by atoms with van der Waals surface area (Å²) in [6.07, 6.45) is 3.92. The number of nitriles is 2. The SMILES string of the molecule is CS/C(=C/C(=C(C#N)C#N)c1ccc(Br)cc1)[N+](C)(C)C. The predicted octanol–water partition coefficient (Wildman–Crippen LogP) is 4.16. The number of hydrogen-bond acceptors (Lipinski definition) is 3. The van der Waals surface area contributed by atoms with E-state index >= 15 is 0 Å². The van der Waals surface area contributed by atoms with Crippen LogP contribution in [0, 0.1) is 22.7 Å². The molecule has 0 bridgehead atoms. The van der Waals surface area contributed by atoms with Crippen molar-refractivity contribution in [3.63, 3.8) is 0 Å². The van der Waals surface area contributed by atoms with Crippen molar-refractivity contribution in [3.05, 3.63) is 51.0 Å². The molecule has 0 amide bonds. The molecule has 21 heavy (non-hydrogen) atoms. The van der Waals surface area contributed by atoms with E-state index in [2.05, 4.69) is 37.1 Å². The molecule has 3 nitrogen and oxygen atoms in total. The van der Waals surface area contributed by atoms with Gasteiger partial charge in [-0.2, -0.15) is 10.5 Å². The van der Waals surface area contributed by atoms with Crippen molar-refractivity contribution >= 4 is 33.3 Å². The van der Waals surface area contributed by atoms with Gasteiger partial charge in [-0.3, -0.25) is 4.48 Å². The van der Waals surface area contributed by atoms with Crippen molar-refractivity contribution < 1.29 is 4.48 Å². The summed E-state index contributed by atoms with van der Waals surface area (Å²) in [7, 11) is 6.17. The summed E-state index contributed by atoms with van der Waals surface area (Å²) in [5.74, 6) is 0. The van der Waals surface area contributed by atoms with Crippen molar-refractivity contribution in [2.24, 2.45) is 0 Å². The van der Waals surface area contributed by atoms with Crippen molar-refractivity contribution in [3.8, 4) is 12.1 Å². The zero-order chi connectivity index (χ0) is 16.0. The van der Waals surface area contributed by atoms with Gasteiger partial charge in [-0.1, -0.05) is 39.8 Å². The number of halogens is 1. The predicted molar refractivity (Wildman–Crippen MR) is 91.9 cm³/mol. The van der Waals surface area contributed by atoms with E-state index in [4.69, 9.17) is 0 Å². The second-order valence-corrected chi connectivity index (χ2v) is 6.96. The number of nitrogens with zero attached hydrogens (tertiary/aromatic N) is 3. The van der Waals surface area contributed by atoms with E-state index in [0.717, 1.165) is 15.1 Å². The highest BCUT2D eigenvalue weighted by Crippen LogP contribution is 2.28. The van der Waals surface area contributed by atoms with Crippen molar-refractivity contribution in [2.75, 3.05) is 27.4 Å². The van der Waals surface area contributed by atoms with Gasteiger partial charge in [0, 0.05) is 16.1 Å². The molecule has 1 aromatic rings. The fraction of sp³-hybridized carbons (Fsp3) is 0.250. The largest absolute Gasteiger partial charge is 0.293 e. The van der Waals surface area contributed by atoms with E-state index in [-0.39, 0.29) is 5.57 Å². The summed E-state index contributed by atoms with van der Waals surface area (Å²) >= 11 is 5.01. The first-order chi connectivity index (χ1) is 9.83. The normalized spacial score (nSPS) is 11.5. The Balaban J connectivity index is 3.54. The van der Waals surface area contributed by atoms with Crippen LogP contribution in [-0.4, -0.2) is 31.9 Å². The molecule has 0 aromatic heterocycles. The summed E-state index contributed by atoms with van der Waals surface area (Å²) in [5.41, 5.74) is 1.64. The van der Waals surface area contributed by atoms with Crippen LogP contribution in [0.15, 0.2) is 45.4 Å². The summed E-state index contributed by atoms with van der Waals surface area (Å²) in [5, 5.41) is 19.5. The molecule has 0 aliphatic heterocycles. The fourth-order valence-corrected chi connectivity index (χ4v) is 2.77. The molecule has 0 unspecified atom stereocenters. The van der Waals surface area contributed by atoms with E-state index in [1.165, 1.54) is 0 Å². The van der Waals surface area contributed by atoms with E-state index in [1.54, 1.807) is 11.8 Å². The second kappa shape index (κ2) is 7.47. The van der Waals surface area contributed by atoms with Gasteiger partial charge in [0.15, 0.2) is 5.03 Å². The zero-order valence-electron chi connectivity index (χ0n) is 12.5. The Morgan fingerprint density at radius 1 is 1.14 bits per heavy atom. The van der Waals surface area contributed by atoms with Gasteiger partial charge in [-0.05, 0) is 24.0 Å². The first-order valence-corrected chi connectivity index (χ1v) is 8.23. The highest BCUT2D eigenvalue weighted by atomic mass is 79.9. The standard InChI is InChI=1S/C16H17BrN3S/c1-20(2,3)16(21-4)9-15(13(10-18)11-19)12-5-7-14(17)8-6-12/h5-9H,1-4H3/q+1/b16-9+. The molecule has 0 heterocycles. The Morgan fingerprint density at radius 2 is 1.67 bits per heavy atom. The molecule has 1 aromatic carbocycles. The Kier molecular flexibility index (Phi) is 6.23. The van der Waals surface area contributed by atoms with Crippen LogP contribution in [0.4, 0.5) is 0 Å². The van der Waals surface area contributed by atoms with E-state index in [1.807, 2.05) is 48.7 Å². The maximum Gasteiger partial charge on any atom is 0.167 e. The molecule has 0 fully saturated rings. The monoisotopic (exact) mass is 362 g/mol. The Labute approximate surface area is 138 Å². The topological polar surface area (TPSA) is 47.6 Å². The minimum absolute atomic E-state index is 0.123. The maximum absolute atomic E-state index is 9.22. The lowest BCUT2D eigenvalue weighted by Crippen LogP contribution is -2.31. The number of rotatable bonds is 4. The van der Waals surface area contributed by atoms with Gasteiger partial charge in [-0.15, -0.1) is 0 Å². The Hall–Kier alpha value is -1.53. The molecule has 108 valence electrons. The van der Waals surface area contributed by atoms with Crippen LogP contribution in [0.2, 0.25) is 0 Å². The average molecular weight is 363 g/mol. The summed E-state index contributed by atoms with van der Waals surface area (Å²) in [6, 6.07) is 11.6. The smallest absolute Gasteiger partial charge is 0.167 e. The average Bonchev–Trinajstić information content (AvgIpc) is 2.43. The molecule has 0 aliphatic rings. The molecule has 0 spiro atoms. The fourth-order valence-electron chi connectivity index (χ4n) is 1.72. The van der Waals surface area contributed by atoms with Gasteiger partial charge in [0.2, 0.25) is 0 Å². The maximum atomic E-state index is 9.22. The molecule has 0 N–H and O–H groups in total. The molecule has 0 atom stereocenters. The third kappa shape index (κ3) is 4.75. The molecule has 0 radical (unpaired) electrons. The van der Waals surface area contributed by atoms with Crippen LogP contribution in [-0.2, 0) is 0 Å². The van der Waals surface area contributed by atoms with Crippen LogP contribution < -0.4 is 0 Å². The number of hydrogen-bond donors (Lipinski definition) is 0. The van der Waals surface area contributed by atoms with Crippen molar-refractivity contribution in [1.82, 2.24) is 0 Å². The van der Waals surface area contributed by atoms with Crippen LogP contribution >= 0.6 is 27.7 Å². The van der Waals surface area contributed by atoms with E-state index in [0.29, 0.717) is 10.1 Å². The zero-order valence-corrected chi connectivity index (χ0v) is 14.9. The first-order valence-electron chi connectivity index (χ1n) is 6.21. The molecule has 5 heteroatoms. The summed E-state index contributed by atoms with van der Waals surface area (Å²) < 4.78 is 1.59. The molecular weight excluding hydrogens is 346 g/mol. The highest BCUT2D eigenvalue weighted by Gasteiger charge is 2.18. The van der Waals surface area contributed by atoms with Gasteiger partial charge in [0.05, 0.1) is 21.1 Å². The van der Waals surface area contributed by atoms with E-state index < -0.39 is 0 Å². The minimum Gasteiger partial charge on any atom is -0.293 e. The number of thioether (sulfide) groups is 1. The van der Waals surface area contributed by atoms with Gasteiger partial charge in [0.25, 0.3) is 0 Å². The summed E-state index contributed by atoms with van der Waals surface area (Å²) in [4.78, 5) is 0. The highest BCUT2D eigenvalue weighted by molar-refractivity contribution is 9.10. The van der Waals surface area contributed by atoms with Gasteiger partial charge in [-0.25, -0.2) is 0 Å². The van der Waals surface area contributed by atoms with Crippen molar-refractivity contribution in [1.29, 1.82) is 10.5 Å². The van der Waals surface area contributed by atoms with Gasteiger partial charge < -0.3 is 0 Å². The Bertz CT molecular complexity index is 637. The number of benzene rings is 1. The number of allylic oxidation sites excluding steroid dienone is 3. The van der Waals surface area contributed by atoms with Gasteiger partial charge >= 0.3 is 0 Å². The third-order valence-electron chi connectivity index (χ3n) is 2.79. The van der Waals surface area contributed by atoms with Crippen LogP contribution in [0.25, 0.3) is 5.57 Å². The third-order valence-corrected chi connectivity index (χ3v) is 4.40. The van der Waals surface area contributed by atoms with Gasteiger partial charge in [0.1, 0.15) is 17.7 Å². The Morgan fingerprint density at radius 3 is 2.05 bits per heavy atom. The van der Waals surface area contributed by atoms with Crippen LogP contribution in [0.1, 0.15) is 5.56 Å².